The molecule has 1 atom stereocenters. The molecule has 126 valence electrons. The summed E-state index contributed by atoms with van der Waals surface area (Å²) in [6.45, 7) is 0.603. The second-order valence-electron chi connectivity index (χ2n) is 5.75. The normalized spacial score (nSPS) is 21.5. The van der Waals surface area contributed by atoms with E-state index < -0.39 is 22.9 Å². The molecule has 1 aliphatic rings. The summed E-state index contributed by atoms with van der Waals surface area (Å²) < 4.78 is 39.3. The molecule has 0 saturated carbocycles. The highest BCUT2D eigenvalue weighted by molar-refractivity contribution is 5.55. The monoisotopic (exact) mass is 337 g/mol. The van der Waals surface area contributed by atoms with Gasteiger partial charge in [-0.15, -0.1) is 0 Å². The molecule has 2 aromatic rings. The van der Waals surface area contributed by atoms with Crippen LogP contribution in [-0.4, -0.2) is 33.6 Å². The van der Waals surface area contributed by atoms with Gasteiger partial charge in [0.05, 0.1) is 29.9 Å². The third-order valence-electron chi connectivity index (χ3n) is 4.16. The van der Waals surface area contributed by atoms with E-state index in [2.05, 4.69) is 15.4 Å². The summed E-state index contributed by atoms with van der Waals surface area (Å²) in [4.78, 5) is 1.66. The van der Waals surface area contributed by atoms with Gasteiger partial charge in [-0.3, -0.25) is 0 Å². The summed E-state index contributed by atoms with van der Waals surface area (Å²) in [5, 5.41) is 29.6. The second kappa shape index (κ2) is 5.79. The van der Waals surface area contributed by atoms with E-state index in [1.54, 1.807) is 11.0 Å². The van der Waals surface area contributed by atoms with E-state index >= 15 is 0 Å². The highest BCUT2D eigenvalue weighted by Crippen LogP contribution is 2.37. The largest absolute Gasteiger partial charge is 0.417 e. The Hall–Kier alpha value is -2.60. The summed E-state index contributed by atoms with van der Waals surface area (Å²) in [5.74, 6) is 0. The molecule has 1 aromatic carbocycles. The molecule has 9 heteroatoms. The average Bonchev–Trinajstić information content (AvgIpc) is 3.09. The van der Waals surface area contributed by atoms with Gasteiger partial charge in [0, 0.05) is 12.2 Å². The Balaban J connectivity index is 1.93. The van der Waals surface area contributed by atoms with Gasteiger partial charge in [0.25, 0.3) is 0 Å². The molecule has 6 nitrogen and oxygen atoms in total. The summed E-state index contributed by atoms with van der Waals surface area (Å²) in [6.07, 6.45) is -2.17. The Morgan fingerprint density at radius 2 is 2.17 bits per heavy atom. The van der Waals surface area contributed by atoms with Crippen LogP contribution in [0.1, 0.15) is 29.7 Å². The van der Waals surface area contributed by atoms with Crippen molar-refractivity contribution in [2.45, 2.75) is 24.6 Å². The second-order valence-corrected chi connectivity index (χ2v) is 5.75. The fourth-order valence-electron chi connectivity index (χ4n) is 2.95. The zero-order valence-electron chi connectivity index (χ0n) is 12.5. The first-order chi connectivity index (χ1) is 11.3. The van der Waals surface area contributed by atoms with Crippen LogP contribution in [0.3, 0.4) is 0 Å². The van der Waals surface area contributed by atoms with Crippen LogP contribution in [0.2, 0.25) is 0 Å². The van der Waals surface area contributed by atoms with Crippen LogP contribution >= 0.6 is 0 Å². The Morgan fingerprint density at radius 3 is 2.79 bits per heavy atom. The van der Waals surface area contributed by atoms with Crippen molar-refractivity contribution in [3.8, 4) is 6.07 Å². The van der Waals surface area contributed by atoms with Crippen molar-refractivity contribution in [3.05, 3.63) is 41.2 Å². The van der Waals surface area contributed by atoms with E-state index in [1.165, 1.54) is 12.3 Å². The van der Waals surface area contributed by atoms with E-state index in [9.17, 15) is 18.3 Å². The van der Waals surface area contributed by atoms with Gasteiger partial charge in [0.1, 0.15) is 11.3 Å². The lowest BCUT2D eigenvalue weighted by molar-refractivity contribution is -0.137. The number of anilines is 1. The van der Waals surface area contributed by atoms with Crippen molar-refractivity contribution in [2.24, 2.45) is 0 Å². The Kier molecular flexibility index (Phi) is 3.93. The maximum absolute atomic E-state index is 13.1. The van der Waals surface area contributed by atoms with E-state index in [4.69, 9.17) is 5.26 Å². The first kappa shape index (κ1) is 16.3. The van der Waals surface area contributed by atoms with Crippen molar-refractivity contribution < 1.29 is 18.3 Å². The fraction of sp³-hybridized carbons (Fsp3) is 0.400. The third kappa shape index (κ3) is 2.92. The van der Waals surface area contributed by atoms with Gasteiger partial charge in [-0.25, -0.2) is 0 Å². The van der Waals surface area contributed by atoms with Crippen LogP contribution in [0.25, 0.3) is 0 Å². The van der Waals surface area contributed by atoms with Crippen LogP contribution in [0.4, 0.5) is 18.9 Å². The topological polar surface area (TPSA) is 88.8 Å². The lowest BCUT2D eigenvalue weighted by Gasteiger charge is -2.39. The van der Waals surface area contributed by atoms with Gasteiger partial charge < -0.3 is 10.0 Å². The molecule has 0 aliphatic carbocycles. The Labute approximate surface area is 135 Å². The standard InChI is InChI=1S/C15H14F3N5O/c16-15(17,18)12-6-11(3-2-10(12)7-19)23-5-1-4-14(24,9-23)13-8-20-22-21-13/h2-3,6,8,24H,1,4-5,9H2,(H,20,21,22)/t14-/m0/s1. The van der Waals surface area contributed by atoms with Crippen LogP contribution in [-0.2, 0) is 11.8 Å². The third-order valence-corrected chi connectivity index (χ3v) is 4.16. The number of halogens is 3. The summed E-state index contributed by atoms with van der Waals surface area (Å²) in [7, 11) is 0. The Morgan fingerprint density at radius 1 is 1.38 bits per heavy atom. The number of nitriles is 1. The SMILES string of the molecule is N#Cc1ccc(N2CCC[C@@](O)(c3cn[nH]n3)C2)cc1C(F)(F)F. The van der Waals surface area contributed by atoms with Crippen molar-refractivity contribution >= 4 is 5.69 Å². The van der Waals surface area contributed by atoms with Crippen molar-refractivity contribution in [3.63, 3.8) is 0 Å². The van der Waals surface area contributed by atoms with Crippen LogP contribution in [0, 0.1) is 11.3 Å². The van der Waals surface area contributed by atoms with E-state index in [0.29, 0.717) is 30.8 Å². The minimum atomic E-state index is -4.61. The predicted molar refractivity (Wildman–Crippen MR) is 77.9 cm³/mol. The molecule has 0 spiro atoms. The lowest BCUT2D eigenvalue weighted by Crippen LogP contribution is -2.46. The van der Waals surface area contributed by atoms with Crippen molar-refractivity contribution in [2.75, 3.05) is 18.0 Å². The van der Waals surface area contributed by atoms with E-state index in [-0.39, 0.29) is 6.54 Å². The smallest absolute Gasteiger partial charge is 0.382 e. The zero-order chi connectivity index (χ0) is 17.4. The van der Waals surface area contributed by atoms with Gasteiger partial charge in [0.2, 0.25) is 0 Å². The van der Waals surface area contributed by atoms with Gasteiger partial charge in [-0.05, 0) is 31.0 Å². The number of aliphatic hydroxyl groups is 1. The quantitative estimate of drug-likeness (QED) is 0.877. The number of benzene rings is 1. The van der Waals surface area contributed by atoms with E-state index in [0.717, 1.165) is 12.1 Å². The molecule has 0 unspecified atom stereocenters. The summed E-state index contributed by atoms with van der Waals surface area (Å²) in [5.41, 5.74) is -2.01. The minimum absolute atomic E-state index is 0.0999. The molecule has 2 heterocycles. The fourth-order valence-corrected chi connectivity index (χ4v) is 2.95. The van der Waals surface area contributed by atoms with Gasteiger partial charge in [-0.1, -0.05) is 0 Å². The molecule has 1 saturated heterocycles. The number of alkyl halides is 3. The molecule has 0 bridgehead atoms. The summed E-state index contributed by atoms with van der Waals surface area (Å²) >= 11 is 0. The molecular weight excluding hydrogens is 323 g/mol. The predicted octanol–water partition coefficient (Wildman–Crippen LogP) is 2.18. The molecule has 3 rings (SSSR count). The lowest BCUT2D eigenvalue weighted by atomic mass is 9.89. The highest BCUT2D eigenvalue weighted by atomic mass is 19.4. The van der Waals surface area contributed by atoms with Gasteiger partial charge in [0.15, 0.2) is 0 Å². The molecule has 24 heavy (non-hydrogen) atoms. The molecule has 1 aromatic heterocycles. The number of nitrogens with zero attached hydrogens (tertiary/aromatic N) is 4. The van der Waals surface area contributed by atoms with Gasteiger partial charge in [-0.2, -0.15) is 33.8 Å². The molecule has 0 radical (unpaired) electrons. The number of nitrogens with one attached hydrogen (secondary N) is 1. The first-order valence-electron chi connectivity index (χ1n) is 7.28. The van der Waals surface area contributed by atoms with Crippen LogP contribution in [0.5, 0.6) is 0 Å². The number of aromatic amines is 1. The average molecular weight is 337 g/mol. The minimum Gasteiger partial charge on any atom is -0.382 e. The van der Waals surface area contributed by atoms with Crippen molar-refractivity contribution in [1.29, 1.82) is 5.26 Å². The number of rotatable bonds is 2. The number of hydrogen-bond donors (Lipinski definition) is 2. The highest BCUT2D eigenvalue weighted by Gasteiger charge is 2.39. The first-order valence-corrected chi connectivity index (χ1v) is 7.28. The molecule has 1 aliphatic heterocycles. The number of aromatic nitrogens is 3. The molecule has 1 fully saturated rings. The number of β-amino-alcohol motifs (C(OH)–C–C–N with tert-alkyl or cyclic N) is 1. The number of hydrogen-bond acceptors (Lipinski definition) is 5. The zero-order valence-corrected chi connectivity index (χ0v) is 12.5. The van der Waals surface area contributed by atoms with Crippen molar-refractivity contribution in [1.82, 2.24) is 15.4 Å². The number of H-pyrrole nitrogens is 1. The molecule has 0 amide bonds. The summed E-state index contributed by atoms with van der Waals surface area (Å²) in [6, 6.07) is 5.13. The van der Waals surface area contributed by atoms with Gasteiger partial charge >= 0.3 is 6.18 Å². The van der Waals surface area contributed by atoms with Crippen LogP contribution < -0.4 is 4.90 Å². The van der Waals surface area contributed by atoms with E-state index in [1.807, 2.05) is 0 Å². The molecule has 2 N–H and O–H groups in total. The Bertz CT molecular complexity index is 768. The maximum atomic E-state index is 13.1. The maximum Gasteiger partial charge on any atom is 0.417 e. The molecular formula is C15H14F3N5O. The number of piperidine rings is 1. The van der Waals surface area contributed by atoms with Crippen LogP contribution in [0.15, 0.2) is 24.4 Å².